The number of rotatable bonds is 6. The van der Waals surface area contributed by atoms with Gasteiger partial charge in [-0.3, -0.25) is 4.79 Å². The second-order valence-corrected chi connectivity index (χ2v) is 8.13. The molecule has 8 heteroatoms. The summed E-state index contributed by atoms with van der Waals surface area (Å²) in [7, 11) is 0. The Balaban J connectivity index is 1.82. The summed E-state index contributed by atoms with van der Waals surface area (Å²) in [5.41, 5.74) is 9.74. The van der Waals surface area contributed by atoms with E-state index in [0.717, 1.165) is 12.0 Å². The fraction of sp³-hybridized carbons (Fsp3) is 0.217. The standard InChI is InChI=1S/C23H23ClN6O/c1-14(2)11-12-26-23(31)19-20-22(29-18-6-4-3-5-17(18)28-20)30(21(19)25)27-13-15-7-9-16(24)10-8-15/h3-10,13-14H,11-12,25H2,1-2H3,(H,26,31)/b27-13+. The largest absolute Gasteiger partial charge is 0.383 e. The molecule has 0 aliphatic carbocycles. The lowest BCUT2D eigenvalue weighted by atomic mass is 10.1. The van der Waals surface area contributed by atoms with Crippen LogP contribution in [0.1, 0.15) is 36.2 Å². The maximum Gasteiger partial charge on any atom is 0.257 e. The molecule has 2 heterocycles. The number of nitrogens with zero attached hydrogens (tertiary/aromatic N) is 4. The van der Waals surface area contributed by atoms with Crippen LogP contribution in [0.4, 0.5) is 5.82 Å². The Bertz CT molecular complexity index is 1280. The molecule has 0 fully saturated rings. The van der Waals surface area contributed by atoms with Crippen molar-refractivity contribution in [2.75, 3.05) is 12.3 Å². The molecular weight excluding hydrogens is 412 g/mol. The number of nitrogens with two attached hydrogens (primary N) is 1. The van der Waals surface area contributed by atoms with Crippen LogP contribution < -0.4 is 11.1 Å². The van der Waals surface area contributed by atoms with E-state index in [1.807, 2.05) is 36.4 Å². The van der Waals surface area contributed by atoms with Gasteiger partial charge in [-0.05, 0) is 42.2 Å². The number of nitrogens with one attached hydrogen (secondary N) is 1. The van der Waals surface area contributed by atoms with Crippen LogP contribution in [-0.4, -0.2) is 33.3 Å². The molecule has 0 saturated carbocycles. The molecule has 4 aromatic rings. The fourth-order valence-electron chi connectivity index (χ4n) is 3.22. The summed E-state index contributed by atoms with van der Waals surface area (Å²) in [4.78, 5) is 22.3. The van der Waals surface area contributed by atoms with E-state index in [1.54, 1.807) is 18.3 Å². The average Bonchev–Trinajstić information content (AvgIpc) is 3.01. The summed E-state index contributed by atoms with van der Waals surface area (Å²) in [6.07, 6.45) is 2.51. The number of nitrogen functional groups attached to an aromatic ring is 1. The van der Waals surface area contributed by atoms with Crippen LogP contribution in [0, 0.1) is 5.92 Å². The second kappa shape index (κ2) is 8.73. The number of benzene rings is 2. The van der Waals surface area contributed by atoms with Crippen molar-refractivity contribution in [1.82, 2.24) is 20.0 Å². The zero-order valence-electron chi connectivity index (χ0n) is 17.3. The van der Waals surface area contributed by atoms with Crippen molar-refractivity contribution in [3.8, 4) is 0 Å². The maximum absolute atomic E-state index is 13.0. The maximum atomic E-state index is 13.0. The molecule has 7 nitrogen and oxygen atoms in total. The van der Waals surface area contributed by atoms with Gasteiger partial charge < -0.3 is 11.1 Å². The minimum absolute atomic E-state index is 0.192. The van der Waals surface area contributed by atoms with Crippen LogP contribution in [0.25, 0.3) is 22.2 Å². The van der Waals surface area contributed by atoms with Gasteiger partial charge in [-0.1, -0.05) is 49.7 Å². The summed E-state index contributed by atoms with van der Waals surface area (Å²) in [6, 6.07) is 14.7. The van der Waals surface area contributed by atoms with E-state index in [9.17, 15) is 4.79 Å². The summed E-state index contributed by atoms with van der Waals surface area (Å²) >= 11 is 5.95. The van der Waals surface area contributed by atoms with Crippen LogP contribution in [0.2, 0.25) is 5.02 Å². The highest BCUT2D eigenvalue weighted by molar-refractivity contribution is 6.30. The zero-order valence-corrected chi connectivity index (χ0v) is 18.1. The summed E-state index contributed by atoms with van der Waals surface area (Å²) < 4.78 is 1.46. The zero-order chi connectivity index (χ0) is 22.0. The van der Waals surface area contributed by atoms with Crippen molar-refractivity contribution in [3.63, 3.8) is 0 Å². The van der Waals surface area contributed by atoms with Crippen LogP contribution in [-0.2, 0) is 0 Å². The van der Waals surface area contributed by atoms with E-state index in [0.29, 0.717) is 39.7 Å². The molecule has 0 bridgehead atoms. The Kier molecular flexibility index (Phi) is 5.86. The molecule has 0 aliphatic heterocycles. The average molecular weight is 435 g/mol. The van der Waals surface area contributed by atoms with Crippen molar-refractivity contribution < 1.29 is 4.79 Å². The lowest BCUT2D eigenvalue weighted by molar-refractivity contribution is 0.0954. The van der Waals surface area contributed by atoms with Crippen LogP contribution >= 0.6 is 11.6 Å². The first kappa shape index (κ1) is 20.8. The number of carbonyl (C=O) groups is 1. The van der Waals surface area contributed by atoms with E-state index in [-0.39, 0.29) is 17.3 Å². The number of carbonyl (C=O) groups excluding carboxylic acids is 1. The minimum atomic E-state index is -0.284. The molecule has 1 amide bonds. The van der Waals surface area contributed by atoms with Crippen LogP contribution in [0.5, 0.6) is 0 Å². The third kappa shape index (κ3) is 4.36. The van der Waals surface area contributed by atoms with Crippen LogP contribution in [0.15, 0.2) is 53.6 Å². The number of aromatic nitrogens is 3. The first-order valence-electron chi connectivity index (χ1n) is 10.1. The first-order chi connectivity index (χ1) is 14.9. The van der Waals surface area contributed by atoms with Gasteiger partial charge in [0.1, 0.15) is 16.9 Å². The van der Waals surface area contributed by atoms with E-state index in [4.69, 9.17) is 17.3 Å². The molecule has 0 aliphatic rings. The molecule has 2 aromatic carbocycles. The first-order valence-corrected chi connectivity index (χ1v) is 10.5. The van der Waals surface area contributed by atoms with Crippen molar-refractivity contribution in [2.24, 2.45) is 11.0 Å². The third-order valence-corrected chi connectivity index (χ3v) is 5.15. The van der Waals surface area contributed by atoms with Crippen molar-refractivity contribution in [2.45, 2.75) is 20.3 Å². The predicted octanol–water partition coefficient (Wildman–Crippen LogP) is 4.48. The molecular formula is C23H23ClN6O. The van der Waals surface area contributed by atoms with Gasteiger partial charge in [-0.15, -0.1) is 0 Å². The van der Waals surface area contributed by atoms with Gasteiger partial charge in [0, 0.05) is 11.6 Å². The lowest BCUT2D eigenvalue weighted by Gasteiger charge is -2.07. The Morgan fingerprint density at radius 3 is 2.52 bits per heavy atom. The number of anilines is 1. The highest BCUT2D eigenvalue weighted by atomic mass is 35.5. The number of amides is 1. The van der Waals surface area contributed by atoms with Gasteiger partial charge >= 0.3 is 0 Å². The number of hydrogen-bond acceptors (Lipinski definition) is 5. The fourth-order valence-corrected chi connectivity index (χ4v) is 3.35. The number of fused-ring (bicyclic) bond motifs is 2. The molecule has 0 saturated heterocycles. The minimum Gasteiger partial charge on any atom is -0.383 e. The molecule has 0 unspecified atom stereocenters. The van der Waals surface area contributed by atoms with Crippen molar-refractivity contribution >= 4 is 51.7 Å². The monoisotopic (exact) mass is 434 g/mol. The SMILES string of the molecule is CC(C)CCNC(=O)c1c(N)n(/N=C/c2ccc(Cl)cc2)c2nc3ccccc3nc12. The number of halogens is 1. The summed E-state index contributed by atoms with van der Waals surface area (Å²) in [6.45, 7) is 4.77. The molecule has 158 valence electrons. The van der Waals surface area contributed by atoms with E-state index in [1.165, 1.54) is 4.68 Å². The van der Waals surface area contributed by atoms with E-state index < -0.39 is 0 Å². The Hall–Kier alpha value is -3.45. The highest BCUT2D eigenvalue weighted by Gasteiger charge is 2.23. The normalized spacial score (nSPS) is 11.7. The molecule has 4 rings (SSSR count). The van der Waals surface area contributed by atoms with E-state index in [2.05, 4.69) is 34.2 Å². The second-order valence-electron chi connectivity index (χ2n) is 7.69. The van der Waals surface area contributed by atoms with Gasteiger partial charge in [0.05, 0.1) is 17.2 Å². The lowest BCUT2D eigenvalue weighted by Crippen LogP contribution is -2.26. The molecule has 3 N–H and O–H groups in total. The predicted molar refractivity (Wildman–Crippen MR) is 126 cm³/mol. The number of hydrogen-bond donors (Lipinski definition) is 2. The highest BCUT2D eigenvalue weighted by Crippen LogP contribution is 2.27. The van der Waals surface area contributed by atoms with Crippen molar-refractivity contribution in [1.29, 1.82) is 0 Å². The third-order valence-electron chi connectivity index (χ3n) is 4.90. The van der Waals surface area contributed by atoms with Crippen LogP contribution in [0.3, 0.4) is 0 Å². The van der Waals surface area contributed by atoms with Gasteiger partial charge in [-0.2, -0.15) is 9.78 Å². The topological polar surface area (TPSA) is 98.2 Å². The molecule has 0 radical (unpaired) electrons. The van der Waals surface area contributed by atoms with Gasteiger partial charge in [0.25, 0.3) is 5.91 Å². The molecule has 31 heavy (non-hydrogen) atoms. The molecule has 2 aromatic heterocycles. The Morgan fingerprint density at radius 2 is 1.84 bits per heavy atom. The molecule has 0 atom stereocenters. The number of para-hydroxylation sites is 2. The Labute approximate surface area is 184 Å². The quantitative estimate of drug-likeness (QED) is 0.437. The van der Waals surface area contributed by atoms with Crippen molar-refractivity contribution in [3.05, 3.63) is 64.7 Å². The summed E-state index contributed by atoms with van der Waals surface area (Å²) in [5.74, 6) is 0.387. The smallest absolute Gasteiger partial charge is 0.257 e. The Morgan fingerprint density at radius 1 is 1.16 bits per heavy atom. The van der Waals surface area contributed by atoms with Gasteiger partial charge in [0.15, 0.2) is 5.65 Å². The molecule has 0 spiro atoms. The van der Waals surface area contributed by atoms with Gasteiger partial charge in [0.2, 0.25) is 0 Å². The van der Waals surface area contributed by atoms with Gasteiger partial charge in [-0.25, -0.2) is 9.97 Å². The summed E-state index contributed by atoms with van der Waals surface area (Å²) in [5, 5.41) is 8.07. The van der Waals surface area contributed by atoms with E-state index >= 15 is 0 Å².